The molecular weight excluding hydrogens is 202 g/mol. The minimum absolute atomic E-state index is 0.109. The molecule has 0 fully saturated rings. The van der Waals surface area contributed by atoms with Crippen LogP contribution in [0, 0.1) is 5.92 Å². The monoisotopic (exact) mass is 223 g/mol. The van der Waals surface area contributed by atoms with E-state index in [1.165, 1.54) is 0 Å². The molecule has 0 aromatic heterocycles. The van der Waals surface area contributed by atoms with Crippen LogP contribution in [0.1, 0.15) is 27.7 Å². The summed E-state index contributed by atoms with van der Waals surface area (Å²) in [6.07, 6.45) is 0. The highest BCUT2D eigenvalue weighted by Crippen LogP contribution is 1.96. The number of nitrogens with two attached hydrogens (primary N) is 1. The molecule has 14 heavy (non-hydrogen) atoms. The molecule has 0 aromatic rings. The Kier molecular flexibility index (Phi) is 5.58. The van der Waals surface area contributed by atoms with Crippen LogP contribution in [0.2, 0.25) is 0 Å². The Labute approximate surface area is 86.6 Å². The standard InChI is InChI=1S/C8H21N3O2S/c1-6(2)8(9)5-10-14(12,13)11-7(3)4/h6-8,10-11H,5,9H2,1-4H3. The molecule has 1 unspecified atom stereocenters. The third-order valence-corrected chi connectivity index (χ3v) is 3.08. The van der Waals surface area contributed by atoms with Gasteiger partial charge in [0.2, 0.25) is 0 Å². The van der Waals surface area contributed by atoms with Crippen molar-refractivity contribution in [3.05, 3.63) is 0 Å². The molecule has 0 aliphatic rings. The van der Waals surface area contributed by atoms with E-state index in [-0.39, 0.29) is 24.5 Å². The van der Waals surface area contributed by atoms with Crippen LogP contribution in [-0.4, -0.2) is 27.0 Å². The molecule has 0 radical (unpaired) electrons. The predicted molar refractivity (Wildman–Crippen MR) is 58.0 cm³/mol. The van der Waals surface area contributed by atoms with Gasteiger partial charge < -0.3 is 5.73 Å². The highest BCUT2D eigenvalue weighted by Gasteiger charge is 2.14. The summed E-state index contributed by atoms with van der Waals surface area (Å²) in [4.78, 5) is 0. The molecule has 86 valence electrons. The van der Waals surface area contributed by atoms with Crippen LogP contribution in [0.5, 0.6) is 0 Å². The maximum Gasteiger partial charge on any atom is 0.277 e. The van der Waals surface area contributed by atoms with Gasteiger partial charge in [-0.25, -0.2) is 4.72 Å². The summed E-state index contributed by atoms with van der Waals surface area (Å²) in [7, 11) is -3.39. The third kappa shape index (κ3) is 6.31. The average Bonchev–Trinajstić information content (AvgIpc) is 1.97. The highest BCUT2D eigenvalue weighted by atomic mass is 32.2. The van der Waals surface area contributed by atoms with E-state index in [1.807, 2.05) is 13.8 Å². The molecular formula is C8H21N3O2S. The summed E-state index contributed by atoms with van der Waals surface area (Å²) in [5, 5.41) is 0. The minimum atomic E-state index is -3.39. The molecule has 0 heterocycles. The number of rotatable bonds is 6. The molecule has 0 rings (SSSR count). The second kappa shape index (κ2) is 5.65. The van der Waals surface area contributed by atoms with Gasteiger partial charge in [-0.1, -0.05) is 13.8 Å². The molecule has 0 aromatic carbocycles. The van der Waals surface area contributed by atoms with Crippen molar-refractivity contribution in [1.82, 2.24) is 9.44 Å². The second-order valence-corrected chi connectivity index (χ2v) is 5.56. The van der Waals surface area contributed by atoms with Crippen molar-refractivity contribution in [3.63, 3.8) is 0 Å². The van der Waals surface area contributed by atoms with Gasteiger partial charge in [-0.05, 0) is 19.8 Å². The van der Waals surface area contributed by atoms with Crippen LogP contribution in [0.4, 0.5) is 0 Å². The van der Waals surface area contributed by atoms with Crippen molar-refractivity contribution >= 4 is 10.2 Å². The molecule has 0 spiro atoms. The molecule has 6 heteroatoms. The van der Waals surface area contributed by atoms with E-state index in [0.29, 0.717) is 0 Å². The summed E-state index contributed by atoms with van der Waals surface area (Å²) in [5.74, 6) is 0.261. The van der Waals surface area contributed by atoms with Crippen molar-refractivity contribution in [2.24, 2.45) is 11.7 Å². The first kappa shape index (κ1) is 13.8. The van der Waals surface area contributed by atoms with Gasteiger partial charge in [-0.2, -0.15) is 13.1 Å². The average molecular weight is 223 g/mol. The lowest BCUT2D eigenvalue weighted by atomic mass is 10.1. The Morgan fingerprint density at radius 1 is 1.21 bits per heavy atom. The summed E-state index contributed by atoms with van der Waals surface area (Å²) in [6.45, 7) is 7.70. The zero-order valence-electron chi connectivity index (χ0n) is 9.24. The van der Waals surface area contributed by atoms with Gasteiger partial charge in [0.1, 0.15) is 0 Å². The zero-order chi connectivity index (χ0) is 11.4. The van der Waals surface area contributed by atoms with Crippen molar-refractivity contribution < 1.29 is 8.42 Å². The van der Waals surface area contributed by atoms with E-state index in [4.69, 9.17) is 5.73 Å². The quantitative estimate of drug-likeness (QED) is 0.583. The van der Waals surface area contributed by atoms with Crippen LogP contribution in [-0.2, 0) is 10.2 Å². The van der Waals surface area contributed by atoms with Gasteiger partial charge in [0.05, 0.1) is 0 Å². The van der Waals surface area contributed by atoms with E-state index in [2.05, 4.69) is 9.44 Å². The SMILES string of the molecule is CC(C)NS(=O)(=O)NCC(N)C(C)C. The van der Waals surface area contributed by atoms with Gasteiger partial charge in [-0.15, -0.1) is 0 Å². The molecule has 5 nitrogen and oxygen atoms in total. The Morgan fingerprint density at radius 2 is 1.71 bits per heavy atom. The normalized spacial score (nSPS) is 15.1. The fraction of sp³-hybridized carbons (Fsp3) is 1.00. The van der Waals surface area contributed by atoms with E-state index >= 15 is 0 Å². The lowest BCUT2D eigenvalue weighted by Gasteiger charge is -2.17. The minimum Gasteiger partial charge on any atom is -0.326 e. The molecule has 1 atom stereocenters. The topological polar surface area (TPSA) is 84.2 Å². The van der Waals surface area contributed by atoms with E-state index in [9.17, 15) is 8.42 Å². The Morgan fingerprint density at radius 3 is 2.07 bits per heavy atom. The molecule has 0 aliphatic heterocycles. The van der Waals surface area contributed by atoms with Gasteiger partial charge in [0, 0.05) is 18.6 Å². The summed E-state index contributed by atoms with van der Waals surface area (Å²) >= 11 is 0. The lowest BCUT2D eigenvalue weighted by Crippen LogP contribution is -2.46. The van der Waals surface area contributed by atoms with Gasteiger partial charge >= 0.3 is 0 Å². The van der Waals surface area contributed by atoms with Crippen LogP contribution in [0.25, 0.3) is 0 Å². The van der Waals surface area contributed by atoms with Crippen molar-refractivity contribution in [3.8, 4) is 0 Å². The highest BCUT2D eigenvalue weighted by molar-refractivity contribution is 7.87. The smallest absolute Gasteiger partial charge is 0.277 e. The number of nitrogens with one attached hydrogen (secondary N) is 2. The van der Waals surface area contributed by atoms with Crippen LogP contribution >= 0.6 is 0 Å². The van der Waals surface area contributed by atoms with Crippen molar-refractivity contribution in [2.75, 3.05) is 6.54 Å². The first-order valence-electron chi connectivity index (χ1n) is 4.77. The zero-order valence-corrected chi connectivity index (χ0v) is 10.1. The van der Waals surface area contributed by atoms with Crippen LogP contribution < -0.4 is 15.2 Å². The molecule has 0 saturated heterocycles. The van der Waals surface area contributed by atoms with Crippen LogP contribution in [0.15, 0.2) is 0 Å². The molecule has 4 N–H and O–H groups in total. The van der Waals surface area contributed by atoms with Gasteiger partial charge in [-0.3, -0.25) is 0 Å². The molecule has 0 amide bonds. The summed E-state index contributed by atoms with van der Waals surface area (Å²) < 4.78 is 27.4. The number of hydrogen-bond acceptors (Lipinski definition) is 3. The first-order chi connectivity index (χ1) is 6.24. The van der Waals surface area contributed by atoms with Gasteiger partial charge in [0.25, 0.3) is 10.2 Å². The second-order valence-electron chi connectivity index (χ2n) is 4.03. The Hall–Kier alpha value is -0.170. The van der Waals surface area contributed by atoms with Crippen molar-refractivity contribution in [1.29, 1.82) is 0 Å². The third-order valence-electron chi connectivity index (χ3n) is 1.76. The molecule has 0 saturated carbocycles. The fourth-order valence-electron chi connectivity index (χ4n) is 0.794. The van der Waals surface area contributed by atoms with E-state index in [1.54, 1.807) is 13.8 Å². The summed E-state index contributed by atoms with van der Waals surface area (Å²) in [6, 6.07) is -0.262. The fourth-order valence-corrected chi connectivity index (χ4v) is 1.91. The van der Waals surface area contributed by atoms with Crippen LogP contribution in [0.3, 0.4) is 0 Å². The largest absolute Gasteiger partial charge is 0.326 e. The first-order valence-corrected chi connectivity index (χ1v) is 6.25. The molecule has 0 bridgehead atoms. The summed E-state index contributed by atoms with van der Waals surface area (Å²) in [5.41, 5.74) is 5.70. The number of hydrogen-bond donors (Lipinski definition) is 3. The maximum atomic E-state index is 11.3. The Balaban J connectivity index is 4.00. The lowest BCUT2D eigenvalue weighted by molar-refractivity contribution is 0.477. The molecule has 0 aliphatic carbocycles. The Bertz CT molecular complexity index is 249. The maximum absolute atomic E-state index is 11.3. The predicted octanol–water partition coefficient (Wildman–Crippen LogP) is -0.198. The van der Waals surface area contributed by atoms with Crippen molar-refractivity contribution in [2.45, 2.75) is 39.8 Å². The van der Waals surface area contributed by atoms with E-state index in [0.717, 1.165) is 0 Å². The van der Waals surface area contributed by atoms with E-state index < -0.39 is 10.2 Å². The van der Waals surface area contributed by atoms with Gasteiger partial charge in [0.15, 0.2) is 0 Å².